The van der Waals surface area contributed by atoms with Gasteiger partial charge in [0.25, 0.3) is 15.9 Å². The predicted molar refractivity (Wildman–Crippen MR) is 86.1 cm³/mol. The van der Waals surface area contributed by atoms with Crippen LogP contribution in [0.15, 0.2) is 57.9 Å². The van der Waals surface area contributed by atoms with Crippen molar-refractivity contribution in [3.63, 3.8) is 0 Å². The number of halogens is 1. The molecule has 0 saturated heterocycles. The van der Waals surface area contributed by atoms with Gasteiger partial charge in [-0.2, -0.15) is 0 Å². The SMILES string of the molecule is Cc1ccccc1S(=O)(=O)NC(=O)COc1ccc(Br)cc1. The van der Waals surface area contributed by atoms with E-state index in [1.54, 1.807) is 49.4 Å². The van der Waals surface area contributed by atoms with E-state index in [0.717, 1.165) is 4.47 Å². The van der Waals surface area contributed by atoms with E-state index < -0.39 is 15.9 Å². The Morgan fingerprint density at radius 2 is 1.77 bits per heavy atom. The zero-order chi connectivity index (χ0) is 16.2. The number of carbonyl (C=O) groups excluding carboxylic acids is 1. The van der Waals surface area contributed by atoms with Gasteiger partial charge in [-0.15, -0.1) is 0 Å². The third kappa shape index (κ3) is 4.32. The highest BCUT2D eigenvalue weighted by Crippen LogP contribution is 2.16. The highest BCUT2D eigenvalue weighted by molar-refractivity contribution is 9.10. The van der Waals surface area contributed by atoms with Crippen molar-refractivity contribution >= 4 is 31.9 Å². The molecule has 0 heterocycles. The van der Waals surface area contributed by atoms with Crippen molar-refractivity contribution in [2.75, 3.05) is 6.61 Å². The molecule has 0 aliphatic rings. The number of rotatable bonds is 5. The molecule has 0 spiro atoms. The lowest BCUT2D eigenvalue weighted by molar-refractivity contribution is -0.121. The van der Waals surface area contributed by atoms with Gasteiger partial charge >= 0.3 is 0 Å². The lowest BCUT2D eigenvalue weighted by atomic mass is 10.2. The van der Waals surface area contributed by atoms with Crippen molar-refractivity contribution < 1.29 is 17.9 Å². The maximum absolute atomic E-state index is 12.1. The minimum absolute atomic E-state index is 0.0759. The average molecular weight is 384 g/mol. The van der Waals surface area contributed by atoms with E-state index in [0.29, 0.717) is 11.3 Å². The Balaban J connectivity index is 1.99. The summed E-state index contributed by atoms with van der Waals surface area (Å²) in [4.78, 5) is 11.8. The van der Waals surface area contributed by atoms with Gasteiger partial charge in [0.05, 0.1) is 4.90 Å². The second kappa shape index (κ2) is 6.93. The first-order chi connectivity index (χ1) is 10.4. The minimum Gasteiger partial charge on any atom is -0.484 e. The number of benzene rings is 2. The van der Waals surface area contributed by atoms with Crippen LogP contribution in [0.5, 0.6) is 5.75 Å². The predicted octanol–water partition coefficient (Wildman–Crippen LogP) is 2.64. The van der Waals surface area contributed by atoms with Crippen LogP contribution in [0.4, 0.5) is 0 Å². The molecule has 0 fully saturated rings. The topological polar surface area (TPSA) is 72.5 Å². The first-order valence-electron chi connectivity index (χ1n) is 6.38. The normalized spacial score (nSPS) is 11.0. The lowest BCUT2D eigenvalue weighted by Crippen LogP contribution is -2.34. The molecule has 0 aliphatic heterocycles. The zero-order valence-corrected chi connectivity index (χ0v) is 14.1. The molecule has 0 atom stereocenters. The summed E-state index contributed by atoms with van der Waals surface area (Å²) in [5.41, 5.74) is 0.566. The van der Waals surface area contributed by atoms with Crippen molar-refractivity contribution in [3.05, 3.63) is 58.6 Å². The molecule has 2 aromatic rings. The van der Waals surface area contributed by atoms with Gasteiger partial charge in [0.1, 0.15) is 5.75 Å². The first-order valence-corrected chi connectivity index (χ1v) is 8.66. The highest BCUT2D eigenvalue weighted by Gasteiger charge is 2.19. The van der Waals surface area contributed by atoms with Crippen molar-refractivity contribution in [2.24, 2.45) is 0 Å². The molecule has 116 valence electrons. The molecule has 1 N–H and O–H groups in total. The lowest BCUT2D eigenvalue weighted by Gasteiger charge is -2.10. The van der Waals surface area contributed by atoms with Crippen LogP contribution in [0.25, 0.3) is 0 Å². The largest absolute Gasteiger partial charge is 0.484 e. The summed E-state index contributed by atoms with van der Waals surface area (Å²) in [5, 5.41) is 0. The Kier molecular flexibility index (Phi) is 5.20. The monoisotopic (exact) mass is 383 g/mol. The van der Waals surface area contributed by atoms with Crippen LogP contribution in [0, 0.1) is 6.92 Å². The number of hydrogen-bond acceptors (Lipinski definition) is 4. The molecule has 7 heteroatoms. The van der Waals surface area contributed by atoms with E-state index in [2.05, 4.69) is 15.9 Å². The van der Waals surface area contributed by atoms with Gasteiger partial charge in [-0.3, -0.25) is 4.79 Å². The molecule has 0 aliphatic carbocycles. The molecule has 5 nitrogen and oxygen atoms in total. The summed E-state index contributed by atoms with van der Waals surface area (Å²) in [5.74, 6) is -0.252. The first kappa shape index (κ1) is 16.5. The second-order valence-electron chi connectivity index (χ2n) is 4.54. The number of amides is 1. The van der Waals surface area contributed by atoms with Crippen LogP contribution in [0.3, 0.4) is 0 Å². The van der Waals surface area contributed by atoms with Crippen molar-refractivity contribution in [1.29, 1.82) is 0 Å². The maximum atomic E-state index is 12.1. The van der Waals surface area contributed by atoms with Gasteiger partial charge in [-0.1, -0.05) is 34.1 Å². The maximum Gasteiger partial charge on any atom is 0.271 e. The third-order valence-corrected chi connectivity index (χ3v) is 4.88. The Hall–Kier alpha value is -1.86. The zero-order valence-electron chi connectivity index (χ0n) is 11.7. The van der Waals surface area contributed by atoms with Gasteiger partial charge in [0.2, 0.25) is 0 Å². The molecule has 0 radical (unpaired) electrons. The van der Waals surface area contributed by atoms with E-state index >= 15 is 0 Å². The van der Waals surface area contributed by atoms with Crippen LogP contribution in [-0.2, 0) is 14.8 Å². The fourth-order valence-electron chi connectivity index (χ4n) is 1.77. The third-order valence-electron chi connectivity index (χ3n) is 2.81. The van der Waals surface area contributed by atoms with Crippen LogP contribution in [-0.4, -0.2) is 20.9 Å². The van der Waals surface area contributed by atoms with E-state index in [4.69, 9.17) is 4.74 Å². The number of carbonyl (C=O) groups is 1. The summed E-state index contributed by atoms with van der Waals surface area (Å²) in [6.07, 6.45) is 0. The smallest absolute Gasteiger partial charge is 0.271 e. The van der Waals surface area contributed by atoms with E-state index in [9.17, 15) is 13.2 Å². The fourth-order valence-corrected chi connectivity index (χ4v) is 3.25. The molecule has 2 aromatic carbocycles. The van der Waals surface area contributed by atoms with Crippen LogP contribution in [0.2, 0.25) is 0 Å². The van der Waals surface area contributed by atoms with Crippen LogP contribution in [0.1, 0.15) is 5.56 Å². The standard InChI is InChI=1S/C15H14BrNO4S/c1-11-4-2-3-5-14(11)22(19,20)17-15(18)10-21-13-8-6-12(16)7-9-13/h2-9H,10H2,1H3,(H,17,18). The van der Waals surface area contributed by atoms with Gasteiger partial charge in [0, 0.05) is 4.47 Å². The number of aryl methyl sites for hydroxylation is 1. The van der Waals surface area contributed by atoms with Crippen molar-refractivity contribution in [3.8, 4) is 5.75 Å². The quantitative estimate of drug-likeness (QED) is 0.861. The number of hydrogen-bond donors (Lipinski definition) is 1. The molecule has 0 saturated carbocycles. The Morgan fingerprint density at radius 1 is 1.14 bits per heavy atom. The molecule has 0 unspecified atom stereocenters. The van der Waals surface area contributed by atoms with Crippen molar-refractivity contribution in [1.82, 2.24) is 4.72 Å². The van der Waals surface area contributed by atoms with Crippen LogP contribution < -0.4 is 9.46 Å². The molecule has 2 rings (SSSR count). The van der Waals surface area contributed by atoms with Gasteiger partial charge in [0.15, 0.2) is 6.61 Å². The van der Waals surface area contributed by atoms with Gasteiger partial charge in [-0.05, 0) is 42.8 Å². The average Bonchev–Trinajstić information content (AvgIpc) is 2.46. The molecular formula is C15H14BrNO4S. The Labute approximate surface area is 137 Å². The number of ether oxygens (including phenoxy) is 1. The summed E-state index contributed by atoms with van der Waals surface area (Å²) in [6, 6.07) is 13.3. The van der Waals surface area contributed by atoms with E-state index in [1.807, 2.05) is 4.72 Å². The molecule has 0 bridgehead atoms. The fraction of sp³-hybridized carbons (Fsp3) is 0.133. The summed E-state index contributed by atoms with van der Waals surface area (Å²) in [7, 11) is -3.89. The van der Waals surface area contributed by atoms with Crippen LogP contribution >= 0.6 is 15.9 Å². The summed E-state index contributed by atoms with van der Waals surface area (Å²) < 4.78 is 32.4. The minimum atomic E-state index is -3.89. The van der Waals surface area contributed by atoms with Gasteiger partial charge in [-0.25, -0.2) is 13.1 Å². The van der Waals surface area contributed by atoms with E-state index in [1.165, 1.54) is 6.07 Å². The van der Waals surface area contributed by atoms with Crippen molar-refractivity contribution in [2.45, 2.75) is 11.8 Å². The highest BCUT2D eigenvalue weighted by atomic mass is 79.9. The number of sulfonamides is 1. The molecule has 1 amide bonds. The second-order valence-corrected chi connectivity index (χ2v) is 7.10. The molecule has 22 heavy (non-hydrogen) atoms. The van der Waals surface area contributed by atoms with Gasteiger partial charge < -0.3 is 4.74 Å². The molecule has 0 aromatic heterocycles. The summed E-state index contributed by atoms with van der Waals surface area (Å²) in [6.45, 7) is 1.28. The Bertz CT molecular complexity index is 772. The Morgan fingerprint density at radius 3 is 2.41 bits per heavy atom. The number of nitrogens with one attached hydrogen (secondary N) is 1. The molecular weight excluding hydrogens is 370 g/mol. The summed E-state index contributed by atoms with van der Waals surface area (Å²) >= 11 is 3.28. The van der Waals surface area contributed by atoms with E-state index in [-0.39, 0.29) is 11.5 Å².